The molecule has 0 spiro atoms. The van der Waals surface area contributed by atoms with E-state index in [9.17, 15) is 18.0 Å². The molecule has 1 unspecified atom stereocenters. The molecule has 3 rings (SSSR count). The number of urea groups is 1. The number of nitrogens with zero attached hydrogens (tertiary/aromatic N) is 3. The van der Waals surface area contributed by atoms with Gasteiger partial charge in [0.2, 0.25) is 0 Å². The molecule has 154 valence electrons. The van der Waals surface area contributed by atoms with E-state index < -0.39 is 18.4 Å². The van der Waals surface area contributed by atoms with E-state index >= 15 is 0 Å². The van der Waals surface area contributed by atoms with Crippen molar-refractivity contribution in [2.24, 2.45) is 0 Å². The molecule has 2 amide bonds. The molecule has 0 saturated heterocycles. The monoisotopic (exact) mass is 407 g/mol. The van der Waals surface area contributed by atoms with E-state index in [1.807, 2.05) is 19.1 Å². The molecule has 7 nitrogen and oxygen atoms in total. The van der Waals surface area contributed by atoms with Gasteiger partial charge < -0.3 is 15.4 Å². The zero-order chi connectivity index (χ0) is 20.9. The normalized spacial score (nSPS) is 12.6. The Kier molecular flexibility index (Phi) is 6.20. The first-order valence-corrected chi connectivity index (χ1v) is 9.05. The molecule has 2 aromatic heterocycles. The second-order valence-electron chi connectivity index (χ2n) is 6.31. The molecule has 0 fully saturated rings. The lowest BCUT2D eigenvalue weighted by Gasteiger charge is -2.18. The van der Waals surface area contributed by atoms with Crippen LogP contribution in [0.5, 0.6) is 5.75 Å². The Labute approximate surface area is 164 Å². The number of alkyl halides is 3. The van der Waals surface area contributed by atoms with Crippen molar-refractivity contribution >= 4 is 11.7 Å². The molecular weight excluding hydrogens is 387 g/mol. The Morgan fingerprint density at radius 3 is 2.69 bits per heavy atom. The average molecular weight is 407 g/mol. The zero-order valence-corrected chi connectivity index (χ0v) is 15.6. The van der Waals surface area contributed by atoms with Crippen LogP contribution in [0.1, 0.15) is 37.2 Å². The fourth-order valence-corrected chi connectivity index (χ4v) is 2.91. The van der Waals surface area contributed by atoms with E-state index in [1.165, 1.54) is 18.2 Å². The molecule has 10 heteroatoms. The largest absolute Gasteiger partial charge is 0.573 e. The predicted molar refractivity (Wildman–Crippen MR) is 99.1 cm³/mol. The van der Waals surface area contributed by atoms with Gasteiger partial charge in [0, 0.05) is 18.3 Å². The summed E-state index contributed by atoms with van der Waals surface area (Å²) in [7, 11) is 0. The molecule has 1 aromatic carbocycles. The highest BCUT2D eigenvalue weighted by atomic mass is 19.4. The number of aromatic nitrogens is 3. The summed E-state index contributed by atoms with van der Waals surface area (Å²) in [5, 5.41) is 13.6. The van der Waals surface area contributed by atoms with Gasteiger partial charge in [0.25, 0.3) is 0 Å². The van der Waals surface area contributed by atoms with Crippen LogP contribution >= 0.6 is 0 Å². The van der Waals surface area contributed by atoms with Crippen LogP contribution in [0, 0.1) is 0 Å². The number of fused-ring (bicyclic) bond motifs is 1. The Bertz CT molecular complexity index is 974. The van der Waals surface area contributed by atoms with Crippen LogP contribution in [0.3, 0.4) is 0 Å². The molecule has 2 heterocycles. The minimum Gasteiger partial charge on any atom is -0.405 e. The van der Waals surface area contributed by atoms with Crippen molar-refractivity contribution in [3.63, 3.8) is 0 Å². The summed E-state index contributed by atoms with van der Waals surface area (Å²) in [6, 6.07) is 10.2. The highest BCUT2D eigenvalue weighted by Crippen LogP contribution is 2.26. The lowest BCUT2D eigenvalue weighted by Crippen LogP contribution is -2.38. The van der Waals surface area contributed by atoms with E-state index in [0.29, 0.717) is 17.9 Å². The van der Waals surface area contributed by atoms with Crippen molar-refractivity contribution < 1.29 is 22.7 Å². The summed E-state index contributed by atoms with van der Waals surface area (Å²) >= 11 is 0. The van der Waals surface area contributed by atoms with Gasteiger partial charge in [-0.1, -0.05) is 37.6 Å². The molecular formula is C19H20F3N5O2. The summed E-state index contributed by atoms with van der Waals surface area (Å²) < 4.78 is 43.4. The number of rotatable bonds is 7. The molecule has 29 heavy (non-hydrogen) atoms. The van der Waals surface area contributed by atoms with Crippen molar-refractivity contribution in [2.45, 2.75) is 38.7 Å². The summed E-state index contributed by atoms with van der Waals surface area (Å²) in [6.07, 6.45) is -1.59. The Balaban J connectivity index is 1.68. The summed E-state index contributed by atoms with van der Waals surface area (Å²) in [4.78, 5) is 12.4. The highest BCUT2D eigenvalue weighted by Gasteiger charge is 2.32. The van der Waals surface area contributed by atoms with E-state index in [-0.39, 0.29) is 17.9 Å². The number of para-hydroxylation sites is 1. The summed E-state index contributed by atoms with van der Waals surface area (Å²) in [6.45, 7) is 1.85. The zero-order valence-electron chi connectivity index (χ0n) is 15.6. The Morgan fingerprint density at radius 2 is 1.93 bits per heavy atom. The minimum atomic E-state index is -4.81. The van der Waals surface area contributed by atoms with Crippen LogP contribution < -0.4 is 15.4 Å². The number of ether oxygens (including phenoxy) is 1. The first-order valence-electron chi connectivity index (χ1n) is 9.05. The van der Waals surface area contributed by atoms with Crippen molar-refractivity contribution in [2.75, 3.05) is 0 Å². The van der Waals surface area contributed by atoms with E-state index in [2.05, 4.69) is 25.6 Å². The molecule has 0 aliphatic heterocycles. The first-order chi connectivity index (χ1) is 13.9. The number of nitrogens with one attached hydrogen (secondary N) is 2. The third-order valence-electron chi connectivity index (χ3n) is 4.17. The fraction of sp³-hybridized carbons (Fsp3) is 0.316. The van der Waals surface area contributed by atoms with Gasteiger partial charge in [-0.25, -0.2) is 4.79 Å². The number of hydrogen-bond donors (Lipinski definition) is 2. The third-order valence-corrected chi connectivity index (χ3v) is 4.17. The van der Waals surface area contributed by atoms with E-state index in [1.54, 1.807) is 22.7 Å². The first kappa shape index (κ1) is 20.4. The lowest BCUT2D eigenvalue weighted by molar-refractivity contribution is -0.274. The number of pyridine rings is 1. The lowest BCUT2D eigenvalue weighted by atomic mass is 10.1. The molecule has 2 N–H and O–H groups in total. The number of benzene rings is 1. The molecule has 0 aliphatic carbocycles. The van der Waals surface area contributed by atoms with Crippen LogP contribution in [0.25, 0.3) is 5.65 Å². The van der Waals surface area contributed by atoms with Crippen LogP contribution in [0.4, 0.5) is 18.0 Å². The second kappa shape index (κ2) is 8.80. The highest BCUT2D eigenvalue weighted by molar-refractivity contribution is 5.74. The number of halogens is 3. The van der Waals surface area contributed by atoms with E-state index in [0.717, 1.165) is 6.42 Å². The topological polar surface area (TPSA) is 80.5 Å². The molecule has 0 saturated carbocycles. The number of carbonyl (C=O) groups is 1. The second-order valence-corrected chi connectivity index (χ2v) is 6.31. The van der Waals surface area contributed by atoms with Crippen LogP contribution in [0.2, 0.25) is 0 Å². The van der Waals surface area contributed by atoms with Gasteiger partial charge in [-0.05, 0) is 24.6 Å². The summed E-state index contributed by atoms with van der Waals surface area (Å²) in [5.74, 6) is 0.229. The number of hydrogen-bond acceptors (Lipinski definition) is 4. The molecule has 0 aliphatic rings. The van der Waals surface area contributed by atoms with Gasteiger partial charge in [0.05, 0.1) is 6.04 Å². The standard InChI is InChI=1S/C19H20F3N5O2/c1-2-7-14(17-26-25-16-10-5-6-11-27(16)17)24-18(28)23-12-13-8-3-4-9-15(13)29-19(20,21)22/h3-6,8-11,14H,2,7,12H2,1H3,(H2,23,24,28). The quantitative estimate of drug-likeness (QED) is 0.621. The van der Waals surface area contributed by atoms with Crippen molar-refractivity contribution in [3.8, 4) is 5.75 Å². The van der Waals surface area contributed by atoms with Crippen molar-refractivity contribution in [1.82, 2.24) is 25.2 Å². The minimum absolute atomic E-state index is 0.127. The van der Waals surface area contributed by atoms with Crippen molar-refractivity contribution in [3.05, 3.63) is 60.0 Å². The van der Waals surface area contributed by atoms with Crippen molar-refractivity contribution in [1.29, 1.82) is 0 Å². The SMILES string of the molecule is CCCC(NC(=O)NCc1ccccc1OC(F)(F)F)c1nnc2ccccn12. The predicted octanol–water partition coefficient (Wildman–Crippen LogP) is 3.97. The third kappa shape index (κ3) is 5.37. The molecule has 0 bridgehead atoms. The fourth-order valence-electron chi connectivity index (χ4n) is 2.91. The number of carbonyl (C=O) groups excluding carboxylic acids is 1. The van der Waals surface area contributed by atoms with E-state index in [4.69, 9.17) is 0 Å². The number of amides is 2. The van der Waals surface area contributed by atoms with Crippen LogP contribution in [0.15, 0.2) is 48.7 Å². The molecule has 1 atom stereocenters. The smallest absolute Gasteiger partial charge is 0.405 e. The van der Waals surface area contributed by atoms with Crippen LogP contribution in [-0.4, -0.2) is 27.0 Å². The van der Waals surface area contributed by atoms with Gasteiger partial charge in [-0.2, -0.15) is 0 Å². The maximum atomic E-state index is 12.5. The van der Waals surface area contributed by atoms with Gasteiger partial charge in [-0.15, -0.1) is 23.4 Å². The van der Waals surface area contributed by atoms with Gasteiger partial charge in [-0.3, -0.25) is 4.40 Å². The van der Waals surface area contributed by atoms with Crippen LogP contribution in [-0.2, 0) is 6.54 Å². The summed E-state index contributed by atoms with van der Waals surface area (Å²) in [5.41, 5.74) is 0.865. The average Bonchev–Trinajstić information content (AvgIpc) is 3.10. The Hall–Kier alpha value is -3.30. The van der Waals surface area contributed by atoms with Gasteiger partial charge in [0.15, 0.2) is 11.5 Å². The maximum absolute atomic E-state index is 12.5. The molecule has 3 aromatic rings. The Morgan fingerprint density at radius 1 is 1.17 bits per heavy atom. The molecule has 0 radical (unpaired) electrons. The van der Waals surface area contributed by atoms with Gasteiger partial charge in [0.1, 0.15) is 5.75 Å². The van der Waals surface area contributed by atoms with Gasteiger partial charge >= 0.3 is 12.4 Å². The maximum Gasteiger partial charge on any atom is 0.573 e.